The van der Waals surface area contributed by atoms with Crippen LogP contribution in [0.4, 0.5) is 0 Å². The van der Waals surface area contributed by atoms with E-state index in [2.05, 4.69) is 10.1 Å². The van der Waals surface area contributed by atoms with Gasteiger partial charge in [-0.15, -0.1) is 5.10 Å². The fourth-order valence-corrected chi connectivity index (χ4v) is 1.98. The SMILES string of the molecule is Cc1ccc(-c2nn3cc(C)cc3c(=O)[nH]2)cc1. The molecule has 0 aliphatic rings. The smallest absolute Gasteiger partial charge is 0.275 e. The predicted molar refractivity (Wildman–Crippen MR) is 70.7 cm³/mol. The number of aromatic nitrogens is 3. The Hall–Kier alpha value is -2.36. The van der Waals surface area contributed by atoms with Crippen molar-refractivity contribution in [3.8, 4) is 11.4 Å². The largest absolute Gasteiger partial charge is 0.303 e. The van der Waals surface area contributed by atoms with Crippen LogP contribution >= 0.6 is 0 Å². The Morgan fingerprint density at radius 3 is 2.56 bits per heavy atom. The summed E-state index contributed by atoms with van der Waals surface area (Å²) in [6.45, 7) is 3.97. The normalized spacial score (nSPS) is 11.0. The van der Waals surface area contributed by atoms with E-state index in [9.17, 15) is 4.79 Å². The van der Waals surface area contributed by atoms with E-state index >= 15 is 0 Å². The Kier molecular flexibility index (Phi) is 2.30. The topological polar surface area (TPSA) is 50.2 Å². The highest BCUT2D eigenvalue weighted by atomic mass is 16.1. The minimum atomic E-state index is -0.117. The number of hydrogen-bond acceptors (Lipinski definition) is 2. The van der Waals surface area contributed by atoms with Gasteiger partial charge in [-0.3, -0.25) is 4.79 Å². The lowest BCUT2D eigenvalue weighted by molar-refractivity contribution is 0.897. The molecule has 0 amide bonds. The summed E-state index contributed by atoms with van der Waals surface area (Å²) in [6.07, 6.45) is 1.85. The van der Waals surface area contributed by atoms with Crippen LogP contribution in [0.15, 0.2) is 41.3 Å². The van der Waals surface area contributed by atoms with Crippen LogP contribution in [0.5, 0.6) is 0 Å². The molecule has 0 spiro atoms. The lowest BCUT2D eigenvalue weighted by Gasteiger charge is -2.02. The number of fused-ring (bicyclic) bond motifs is 1. The molecule has 4 heteroatoms. The number of nitrogens with one attached hydrogen (secondary N) is 1. The molecule has 0 saturated carbocycles. The van der Waals surface area contributed by atoms with Crippen LogP contribution in [0.1, 0.15) is 11.1 Å². The van der Waals surface area contributed by atoms with E-state index in [0.717, 1.165) is 11.1 Å². The molecule has 1 aromatic carbocycles. The summed E-state index contributed by atoms with van der Waals surface area (Å²) in [6, 6.07) is 9.73. The molecule has 90 valence electrons. The van der Waals surface area contributed by atoms with Gasteiger partial charge in [-0.1, -0.05) is 29.8 Å². The molecule has 0 aliphatic heterocycles. The van der Waals surface area contributed by atoms with Crippen LogP contribution in [-0.4, -0.2) is 14.6 Å². The van der Waals surface area contributed by atoms with Gasteiger partial charge in [0.1, 0.15) is 5.52 Å². The summed E-state index contributed by atoms with van der Waals surface area (Å²) in [5.41, 5.74) is 3.57. The van der Waals surface area contributed by atoms with E-state index in [1.807, 2.05) is 50.4 Å². The van der Waals surface area contributed by atoms with Crippen molar-refractivity contribution in [3.63, 3.8) is 0 Å². The molecule has 3 aromatic rings. The first kappa shape index (κ1) is 10.8. The maximum Gasteiger partial charge on any atom is 0.275 e. The Morgan fingerprint density at radius 2 is 1.83 bits per heavy atom. The third kappa shape index (κ3) is 1.72. The Morgan fingerprint density at radius 1 is 1.11 bits per heavy atom. The number of benzene rings is 1. The first-order valence-electron chi connectivity index (χ1n) is 5.80. The molecule has 0 atom stereocenters. The zero-order valence-electron chi connectivity index (χ0n) is 10.3. The van der Waals surface area contributed by atoms with Gasteiger partial charge < -0.3 is 4.98 Å². The summed E-state index contributed by atoms with van der Waals surface area (Å²) < 4.78 is 1.63. The van der Waals surface area contributed by atoms with Crippen molar-refractivity contribution in [2.45, 2.75) is 13.8 Å². The molecule has 4 nitrogen and oxygen atoms in total. The zero-order chi connectivity index (χ0) is 12.7. The molecular weight excluding hydrogens is 226 g/mol. The van der Waals surface area contributed by atoms with Crippen LogP contribution in [0.25, 0.3) is 16.9 Å². The van der Waals surface area contributed by atoms with Gasteiger partial charge in [-0.2, -0.15) is 0 Å². The van der Waals surface area contributed by atoms with Crippen molar-refractivity contribution in [2.24, 2.45) is 0 Å². The summed E-state index contributed by atoms with van der Waals surface area (Å²) in [5.74, 6) is 0.586. The number of aryl methyl sites for hydroxylation is 2. The summed E-state index contributed by atoms with van der Waals surface area (Å²) in [5, 5.41) is 4.42. The maximum atomic E-state index is 11.9. The maximum absolute atomic E-state index is 11.9. The van der Waals surface area contributed by atoms with E-state index in [1.165, 1.54) is 5.56 Å². The van der Waals surface area contributed by atoms with Crippen molar-refractivity contribution in [3.05, 3.63) is 58.0 Å². The number of aromatic amines is 1. The molecule has 0 bridgehead atoms. The van der Waals surface area contributed by atoms with Gasteiger partial charge in [-0.25, -0.2) is 4.52 Å². The molecule has 2 aromatic heterocycles. The fraction of sp³-hybridized carbons (Fsp3) is 0.143. The zero-order valence-corrected chi connectivity index (χ0v) is 10.3. The molecule has 0 fully saturated rings. The van der Waals surface area contributed by atoms with E-state index in [-0.39, 0.29) is 5.56 Å². The average Bonchev–Trinajstić information content (AvgIpc) is 2.71. The van der Waals surface area contributed by atoms with Crippen molar-refractivity contribution in [1.82, 2.24) is 14.6 Å². The quantitative estimate of drug-likeness (QED) is 0.708. The first-order valence-corrected chi connectivity index (χ1v) is 5.80. The van der Waals surface area contributed by atoms with E-state index in [4.69, 9.17) is 0 Å². The molecule has 0 radical (unpaired) electrons. The first-order chi connectivity index (χ1) is 8.63. The number of hydrogen-bond donors (Lipinski definition) is 1. The van der Waals surface area contributed by atoms with Gasteiger partial charge in [0.15, 0.2) is 5.82 Å². The van der Waals surface area contributed by atoms with Crippen LogP contribution < -0.4 is 5.56 Å². The highest BCUT2D eigenvalue weighted by Gasteiger charge is 2.06. The van der Waals surface area contributed by atoms with Crippen LogP contribution in [0.3, 0.4) is 0 Å². The predicted octanol–water partition coefficient (Wildman–Crippen LogP) is 2.31. The van der Waals surface area contributed by atoms with Gasteiger partial charge in [0.25, 0.3) is 5.56 Å². The number of H-pyrrole nitrogens is 1. The molecule has 0 saturated heterocycles. The third-order valence-electron chi connectivity index (χ3n) is 2.93. The van der Waals surface area contributed by atoms with Crippen LogP contribution in [0.2, 0.25) is 0 Å². The van der Waals surface area contributed by atoms with E-state index < -0.39 is 0 Å². The average molecular weight is 239 g/mol. The lowest BCUT2D eigenvalue weighted by Crippen LogP contribution is -2.13. The van der Waals surface area contributed by atoms with Gasteiger partial charge in [0.05, 0.1) is 0 Å². The van der Waals surface area contributed by atoms with Crippen molar-refractivity contribution >= 4 is 5.52 Å². The molecule has 18 heavy (non-hydrogen) atoms. The van der Waals surface area contributed by atoms with Crippen molar-refractivity contribution in [2.75, 3.05) is 0 Å². The fourth-order valence-electron chi connectivity index (χ4n) is 1.98. The van der Waals surface area contributed by atoms with Crippen LogP contribution in [-0.2, 0) is 0 Å². The highest BCUT2D eigenvalue weighted by molar-refractivity contribution is 5.57. The Balaban J connectivity index is 2.24. The minimum Gasteiger partial charge on any atom is -0.303 e. The number of nitrogens with zero attached hydrogens (tertiary/aromatic N) is 2. The minimum absolute atomic E-state index is 0.117. The summed E-state index contributed by atoms with van der Waals surface area (Å²) in [7, 11) is 0. The second kappa shape index (κ2) is 3.84. The summed E-state index contributed by atoms with van der Waals surface area (Å²) in [4.78, 5) is 14.7. The third-order valence-corrected chi connectivity index (χ3v) is 2.93. The Labute approximate surface area is 104 Å². The van der Waals surface area contributed by atoms with E-state index in [1.54, 1.807) is 4.52 Å². The molecule has 0 aliphatic carbocycles. The monoisotopic (exact) mass is 239 g/mol. The van der Waals surface area contributed by atoms with E-state index in [0.29, 0.717) is 11.3 Å². The van der Waals surface area contributed by atoms with Gasteiger partial charge in [-0.05, 0) is 25.5 Å². The second-order valence-electron chi connectivity index (χ2n) is 4.52. The number of rotatable bonds is 1. The molecule has 1 N–H and O–H groups in total. The lowest BCUT2D eigenvalue weighted by atomic mass is 10.1. The molecule has 0 unspecified atom stereocenters. The molecular formula is C14H13N3O. The molecule has 3 rings (SSSR count). The second-order valence-corrected chi connectivity index (χ2v) is 4.52. The van der Waals surface area contributed by atoms with Crippen LogP contribution in [0, 0.1) is 13.8 Å². The standard InChI is InChI=1S/C14H13N3O/c1-9-3-5-11(6-4-9)13-15-14(18)12-7-10(2)8-17(12)16-13/h3-8H,1-2H3,(H,15,16,18). The summed E-state index contributed by atoms with van der Waals surface area (Å²) >= 11 is 0. The molecule has 2 heterocycles. The van der Waals surface area contributed by atoms with Crippen molar-refractivity contribution in [1.29, 1.82) is 0 Å². The van der Waals surface area contributed by atoms with Gasteiger partial charge in [0.2, 0.25) is 0 Å². The highest BCUT2D eigenvalue weighted by Crippen LogP contribution is 2.14. The Bertz CT molecular complexity index is 766. The van der Waals surface area contributed by atoms with Gasteiger partial charge >= 0.3 is 0 Å². The van der Waals surface area contributed by atoms with Gasteiger partial charge in [0, 0.05) is 11.8 Å². The van der Waals surface area contributed by atoms with Crippen molar-refractivity contribution < 1.29 is 0 Å².